The normalized spacial score (nSPS) is 17.6. The third-order valence-electron chi connectivity index (χ3n) is 5.26. The molecule has 1 amide bonds. The molecule has 144 valence electrons. The quantitative estimate of drug-likeness (QED) is 0.864. The number of likely N-dealkylation sites (tertiary alicyclic amines) is 1. The molecule has 0 radical (unpaired) electrons. The lowest BCUT2D eigenvalue weighted by molar-refractivity contribution is -0.132. The van der Waals surface area contributed by atoms with E-state index in [1.54, 1.807) is 12.1 Å². The first kappa shape index (κ1) is 17.9. The molecule has 0 aliphatic carbocycles. The van der Waals surface area contributed by atoms with Crippen LogP contribution < -0.4 is 10.1 Å². The zero-order valence-corrected chi connectivity index (χ0v) is 15.2. The predicted molar refractivity (Wildman–Crippen MR) is 96.8 cm³/mol. The number of nitrogens with zero attached hydrogens (tertiary/aromatic N) is 4. The van der Waals surface area contributed by atoms with Crippen molar-refractivity contribution in [1.82, 2.24) is 25.0 Å². The number of nitrogens with one attached hydrogen (secondary N) is 1. The first-order chi connectivity index (χ1) is 13.2. The molecule has 2 aromatic rings. The Hall–Kier alpha value is -2.48. The number of rotatable bonds is 5. The summed E-state index contributed by atoms with van der Waals surface area (Å²) in [4.78, 5) is 14.3. The van der Waals surface area contributed by atoms with Crippen LogP contribution in [0.4, 0.5) is 4.39 Å². The van der Waals surface area contributed by atoms with Crippen molar-refractivity contribution >= 4 is 5.91 Å². The minimum absolute atomic E-state index is 0.100. The molecule has 27 heavy (non-hydrogen) atoms. The van der Waals surface area contributed by atoms with Gasteiger partial charge in [-0.25, -0.2) is 4.39 Å². The Morgan fingerprint density at radius 1 is 1.19 bits per heavy atom. The van der Waals surface area contributed by atoms with Crippen molar-refractivity contribution in [3.8, 4) is 5.75 Å². The lowest BCUT2D eigenvalue weighted by atomic mass is 9.95. The van der Waals surface area contributed by atoms with E-state index in [9.17, 15) is 9.18 Å². The molecule has 4 rings (SSSR count). The summed E-state index contributed by atoms with van der Waals surface area (Å²) in [5.74, 6) is 2.82. The fourth-order valence-electron chi connectivity index (χ4n) is 3.75. The molecule has 0 spiro atoms. The van der Waals surface area contributed by atoms with Crippen LogP contribution in [-0.4, -0.2) is 51.8 Å². The number of carbonyl (C=O) groups excluding carboxylic acids is 1. The minimum Gasteiger partial charge on any atom is -0.493 e. The maximum Gasteiger partial charge on any atom is 0.225 e. The largest absolute Gasteiger partial charge is 0.493 e. The summed E-state index contributed by atoms with van der Waals surface area (Å²) >= 11 is 0. The summed E-state index contributed by atoms with van der Waals surface area (Å²) in [5.41, 5.74) is 0. The van der Waals surface area contributed by atoms with E-state index in [-0.39, 0.29) is 11.7 Å². The Morgan fingerprint density at radius 3 is 2.74 bits per heavy atom. The third-order valence-corrected chi connectivity index (χ3v) is 5.26. The second kappa shape index (κ2) is 8.04. The van der Waals surface area contributed by atoms with Crippen LogP contribution in [0.3, 0.4) is 0 Å². The average molecular weight is 373 g/mol. The van der Waals surface area contributed by atoms with Crippen molar-refractivity contribution in [1.29, 1.82) is 0 Å². The molecule has 0 saturated carbocycles. The van der Waals surface area contributed by atoms with E-state index < -0.39 is 0 Å². The van der Waals surface area contributed by atoms with E-state index in [1.807, 2.05) is 4.90 Å². The molecule has 1 aromatic carbocycles. The summed E-state index contributed by atoms with van der Waals surface area (Å²) < 4.78 is 20.6. The van der Waals surface area contributed by atoms with Crippen LogP contribution in [0, 0.1) is 5.82 Å². The Labute approximate surface area is 157 Å². The maximum absolute atomic E-state index is 12.9. The lowest BCUT2D eigenvalue weighted by Gasteiger charge is -2.32. The highest BCUT2D eigenvalue weighted by Gasteiger charge is 2.28. The first-order valence-corrected chi connectivity index (χ1v) is 9.49. The molecule has 1 aromatic heterocycles. The van der Waals surface area contributed by atoms with Crippen molar-refractivity contribution in [3.63, 3.8) is 0 Å². The van der Waals surface area contributed by atoms with Crippen molar-refractivity contribution in [2.24, 2.45) is 0 Å². The second-order valence-electron chi connectivity index (χ2n) is 7.01. The van der Waals surface area contributed by atoms with Gasteiger partial charge in [0.2, 0.25) is 5.91 Å². The summed E-state index contributed by atoms with van der Waals surface area (Å²) in [6, 6.07) is 5.84. The van der Waals surface area contributed by atoms with Crippen molar-refractivity contribution < 1.29 is 13.9 Å². The Kier molecular flexibility index (Phi) is 5.33. The van der Waals surface area contributed by atoms with Gasteiger partial charge in [0.25, 0.3) is 0 Å². The molecule has 7 nitrogen and oxygen atoms in total. The highest BCUT2D eigenvalue weighted by atomic mass is 19.1. The highest BCUT2D eigenvalue weighted by Crippen LogP contribution is 2.28. The molecule has 0 unspecified atom stereocenters. The lowest BCUT2D eigenvalue weighted by Crippen LogP contribution is -2.39. The fourth-order valence-corrected chi connectivity index (χ4v) is 3.75. The van der Waals surface area contributed by atoms with Gasteiger partial charge < -0.3 is 19.5 Å². The summed E-state index contributed by atoms with van der Waals surface area (Å²) in [6.45, 7) is 4.41. The Balaban J connectivity index is 1.24. The van der Waals surface area contributed by atoms with E-state index in [1.165, 1.54) is 12.1 Å². The number of piperidine rings is 1. The van der Waals surface area contributed by atoms with Gasteiger partial charge >= 0.3 is 0 Å². The fraction of sp³-hybridized carbons (Fsp3) is 0.526. The zero-order chi connectivity index (χ0) is 18.6. The SMILES string of the molecule is O=C(CCOc1ccc(F)cc1)N1CCC(c2nnc3n2CCNC3)CC1. The summed E-state index contributed by atoms with van der Waals surface area (Å²) in [6.07, 6.45) is 2.15. The van der Waals surface area contributed by atoms with E-state index in [4.69, 9.17) is 4.74 Å². The number of aromatic nitrogens is 3. The molecule has 1 N–H and O–H groups in total. The molecule has 2 aliphatic heterocycles. The van der Waals surface area contributed by atoms with E-state index in [0.717, 1.165) is 57.2 Å². The predicted octanol–water partition coefficient (Wildman–Crippen LogP) is 1.70. The molecule has 3 heterocycles. The van der Waals surface area contributed by atoms with Crippen LogP contribution >= 0.6 is 0 Å². The van der Waals surface area contributed by atoms with Crippen LogP contribution in [-0.2, 0) is 17.9 Å². The number of carbonyl (C=O) groups is 1. The van der Waals surface area contributed by atoms with Crippen molar-refractivity contribution in [3.05, 3.63) is 41.7 Å². The van der Waals surface area contributed by atoms with E-state index in [2.05, 4.69) is 20.1 Å². The number of benzene rings is 1. The monoisotopic (exact) mass is 373 g/mol. The van der Waals surface area contributed by atoms with Gasteiger partial charge in [0.15, 0.2) is 0 Å². The molecule has 2 aliphatic rings. The van der Waals surface area contributed by atoms with Gasteiger partial charge in [0.1, 0.15) is 23.2 Å². The standard InChI is InChI=1S/C19H24FN5O2/c20-15-1-3-16(4-2-15)27-12-7-18(26)24-9-5-14(6-10-24)19-23-22-17-13-21-8-11-25(17)19/h1-4,14,21H,5-13H2. The number of hydrogen-bond acceptors (Lipinski definition) is 5. The Bertz CT molecular complexity index is 784. The van der Waals surface area contributed by atoms with E-state index in [0.29, 0.717) is 24.7 Å². The van der Waals surface area contributed by atoms with Gasteiger partial charge in [-0.2, -0.15) is 0 Å². The number of fused-ring (bicyclic) bond motifs is 1. The molecule has 0 atom stereocenters. The van der Waals surface area contributed by atoms with Gasteiger partial charge in [-0.1, -0.05) is 0 Å². The first-order valence-electron chi connectivity index (χ1n) is 9.49. The van der Waals surface area contributed by atoms with Crippen LogP contribution in [0.5, 0.6) is 5.75 Å². The molecule has 1 fully saturated rings. The number of amides is 1. The molecular weight excluding hydrogens is 349 g/mol. The molecular formula is C19H24FN5O2. The number of hydrogen-bond donors (Lipinski definition) is 1. The third kappa shape index (κ3) is 4.10. The van der Waals surface area contributed by atoms with Gasteiger partial charge in [0, 0.05) is 32.1 Å². The van der Waals surface area contributed by atoms with Crippen molar-refractivity contribution in [2.75, 3.05) is 26.2 Å². The highest BCUT2D eigenvalue weighted by molar-refractivity contribution is 5.76. The van der Waals surface area contributed by atoms with Gasteiger partial charge in [-0.3, -0.25) is 4.79 Å². The minimum atomic E-state index is -0.300. The van der Waals surface area contributed by atoms with E-state index >= 15 is 0 Å². The van der Waals surface area contributed by atoms with Gasteiger partial charge in [-0.15, -0.1) is 10.2 Å². The number of halogens is 1. The van der Waals surface area contributed by atoms with Gasteiger partial charge in [-0.05, 0) is 37.1 Å². The summed E-state index contributed by atoms with van der Waals surface area (Å²) in [5, 5.41) is 12.0. The van der Waals surface area contributed by atoms with Gasteiger partial charge in [0.05, 0.1) is 19.6 Å². The second-order valence-corrected chi connectivity index (χ2v) is 7.01. The van der Waals surface area contributed by atoms with Crippen LogP contribution in [0.25, 0.3) is 0 Å². The van der Waals surface area contributed by atoms with Crippen LogP contribution in [0.15, 0.2) is 24.3 Å². The Morgan fingerprint density at radius 2 is 1.96 bits per heavy atom. The molecule has 0 bridgehead atoms. The number of ether oxygens (including phenoxy) is 1. The average Bonchev–Trinajstić information content (AvgIpc) is 3.14. The molecule has 1 saturated heterocycles. The van der Waals surface area contributed by atoms with Crippen LogP contribution in [0.1, 0.15) is 36.8 Å². The smallest absolute Gasteiger partial charge is 0.225 e. The zero-order valence-electron chi connectivity index (χ0n) is 15.2. The molecule has 8 heteroatoms. The topological polar surface area (TPSA) is 72.3 Å². The van der Waals surface area contributed by atoms with Crippen LogP contribution in [0.2, 0.25) is 0 Å². The maximum atomic E-state index is 12.9. The van der Waals surface area contributed by atoms with Crippen molar-refractivity contribution in [2.45, 2.75) is 38.3 Å². The summed E-state index contributed by atoms with van der Waals surface area (Å²) in [7, 11) is 0.